The molecule has 1 N–H and O–H groups in total. The van der Waals surface area contributed by atoms with Gasteiger partial charge >= 0.3 is 6.18 Å². The molecule has 226 valence electrons. The molecular formula is C31H33ClF3N7O. The third-order valence-corrected chi connectivity index (χ3v) is 8.79. The minimum atomic E-state index is -4.66. The summed E-state index contributed by atoms with van der Waals surface area (Å²) in [5, 5.41) is 3.55. The minimum Gasteiger partial charge on any atom is -0.324 e. The van der Waals surface area contributed by atoms with Crippen LogP contribution in [-0.4, -0.2) is 75.8 Å². The number of benzene rings is 1. The molecule has 6 rings (SSSR count). The maximum absolute atomic E-state index is 13.7. The lowest BCUT2D eigenvalue weighted by Gasteiger charge is -2.29. The summed E-state index contributed by atoms with van der Waals surface area (Å²) in [6.07, 6.45) is 1.43. The number of hydrogen-bond acceptors (Lipinski definition) is 7. The standard InChI is InChI=1S/C31H33ClF3N7O/c1-40-10-7-20(8-11-40)22-14-26(32)27(36-15-22)25-13-23-16-37-30(39-28(23)42(29(25)43)18-31(33,34)35)38-24-5-3-19(4-6-24)21-9-12-41(2)17-21/h3-6,13-16,20-21H,7-12,17-18H2,1-2H3,(H,37,38,39). The molecule has 2 saturated heterocycles. The highest BCUT2D eigenvalue weighted by Crippen LogP contribution is 2.33. The number of rotatable bonds is 6. The fourth-order valence-electron chi connectivity index (χ4n) is 6.11. The highest BCUT2D eigenvalue weighted by molar-refractivity contribution is 6.33. The van der Waals surface area contributed by atoms with Crippen molar-refractivity contribution >= 4 is 34.3 Å². The zero-order chi connectivity index (χ0) is 30.3. The molecule has 0 saturated carbocycles. The molecule has 2 fully saturated rings. The Hall–Kier alpha value is -3.54. The molecule has 3 aromatic heterocycles. The number of likely N-dealkylation sites (N-methyl/N-ethyl adjacent to an activating group) is 1. The lowest BCUT2D eigenvalue weighted by Crippen LogP contribution is -2.30. The maximum Gasteiger partial charge on any atom is 0.406 e. The molecular weight excluding hydrogens is 579 g/mol. The van der Waals surface area contributed by atoms with E-state index in [1.807, 2.05) is 24.3 Å². The second-order valence-electron chi connectivity index (χ2n) is 11.7. The molecule has 0 radical (unpaired) electrons. The zero-order valence-electron chi connectivity index (χ0n) is 24.0. The van der Waals surface area contributed by atoms with Crippen molar-refractivity contribution in [1.29, 1.82) is 0 Å². The predicted molar refractivity (Wildman–Crippen MR) is 162 cm³/mol. The van der Waals surface area contributed by atoms with E-state index in [1.165, 1.54) is 17.8 Å². The number of aromatic nitrogens is 4. The molecule has 43 heavy (non-hydrogen) atoms. The highest BCUT2D eigenvalue weighted by atomic mass is 35.5. The molecule has 2 aliphatic heterocycles. The number of anilines is 2. The van der Waals surface area contributed by atoms with Crippen LogP contribution < -0.4 is 10.9 Å². The maximum atomic E-state index is 13.7. The van der Waals surface area contributed by atoms with Gasteiger partial charge in [-0.25, -0.2) is 4.98 Å². The highest BCUT2D eigenvalue weighted by Gasteiger charge is 2.31. The monoisotopic (exact) mass is 611 g/mol. The molecule has 1 aromatic carbocycles. The van der Waals surface area contributed by atoms with E-state index in [9.17, 15) is 18.0 Å². The zero-order valence-corrected chi connectivity index (χ0v) is 24.8. The van der Waals surface area contributed by atoms with Gasteiger partial charge in [-0.1, -0.05) is 23.7 Å². The first kappa shape index (κ1) is 29.5. The van der Waals surface area contributed by atoms with Gasteiger partial charge in [-0.2, -0.15) is 18.2 Å². The number of hydrogen-bond donors (Lipinski definition) is 1. The van der Waals surface area contributed by atoms with Gasteiger partial charge in [0, 0.05) is 30.0 Å². The number of likely N-dealkylation sites (tertiary alicyclic amines) is 2. The smallest absolute Gasteiger partial charge is 0.324 e. The molecule has 0 amide bonds. The Morgan fingerprint density at radius 1 is 0.930 bits per heavy atom. The summed E-state index contributed by atoms with van der Waals surface area (Å²) in [6, 6.07) is 11.1. The second-order valence-corrected chi connectivity index (χ2v) is 12.1. The Balaban J connectivity index is 1.32. The molecule has 1 atom stereocenters. The van der Waals surface area contributed by atoms with Crippen molar-refractivity contribution in [2.75, 3.05) is 45.6 Å². The van der Waals surface area contributed by atoms with Crippen molar-refractivity contribution in [2.24, 2.45) is 0 Å². The van der Waals surface area contributed by atoms with Gasteiger partial charge in [0.1, 0.15) is 12.2 Å². The van der Waals surface area contributed by atoms with E-state index in [1.54, 1.807) is 12.3 Å². The molecule has 8 nitrogen and oxygen atoms in total. The van der Waals surface area contributed by atoms with E-state index in [-0.39, 0.29) is 39.2 Å². The summed E-state index contributed by atoms with van der Waals surface area (Å²) in [4.78, 5) is 31.3. The Morgan fingerprint density at radius 2 is 1.63 bits per heavy atom. The van der Waals surface area contributed by atoms with Crippen molar-refractivity contribution in [2.45, 2.75) is 43.8 Å². The van der Waals surface area contributed by atoms with Gasteiger partial charge in [0.2, 0.25) is 5.95 Å². The Bertz CT molecular complexity index is 1680. The Morgan fingerprint density at radius 3 is 2.28 bits per heavy atom. The minimum absolute atomic E-state index is 0.0332. The Labute approximate surface area is 252 Å². The predicted octanol–water partition coefficient (Wildman–Crippen LogP) is 6.04. The quantitative estimate of drug-likeness (QED) is 0.285. The molecule has 12 heteroatoms. The largest absolute Gasteiger partial charge is 0.406 e. The summed E-state index contributed by atoms with van der Waals surface area (Å²) in [6.45, 7) is 2.46. The number of nitrogens with zero attached hydrogens (tertiary/aromatic N) is 6. The lowest BCUT2D eigenvalue weighted by atomic mass is 9.90. The molecule has 0 aliphatic carbocycles. The van der Waals surface area contributed by atoms with Crippen molar-refractivity contribution in [1.82, 2.24) is 29.3 Å². The number of piperidine rings is 1. The summed E-state index contributed by atoms with van der Waals surface area (Å²) < 4.78 is 41.8. The average Bonchev–Trinajstić information content (AvgIpc) is 3.41. The van der Waals surface area contributed by atoms with Crippen molar-refractivity contribution < 1.29 is 13.2 Å². The van der Waals surface area contributed by atoms with Gasteiger partial charge in [-0.15, -0.1) is 0 Å². The van der Waals surface area contributed by atoms with Crippen molar-refractivity contribution in [3.63, 3.8) is 0 Å². The van der Waals surface area contributed by atoms with Crippen LogP contribution >= 0.6 is 11.6 Å². The number of fused-ring (bicyclic) bond motifs is 1. The summed E-state index contributed by atoms with van der Waals surface area (Å²) in [5.41, 5.74) is 1.98. The third kappa shape index (κ3) is 6.53. The fourth-order valence-corrected chi connectivity index (χ4v) is 6.38. The number of halogens is 4. The van der Waals surface area contributed by atoms with Crippen LogP contribution in [0, 0.1) is 0 Å². The lowest BCUT2D eigenvalue weighted by molar-refractivity contribution is -0.140. The van der Waals surface area contributed by atoms with Crippen LogP contribution in [0.2, 0.25) is 5.02 Å². The molecule has 0 bridgehead atoms. The fraction of sp³-hybridized carbons (Fsp3) is 0.419. The van der Waals surface area contributed by atoms with Crippen LogP contribution in [0.1, 0.15) is 42.2 Å². The normalized spacial score (nSPS) is 18.9. The van der Waals surface area contributed by atoms with Crippen molar-refractivity contribution in [3.8, 4) is 11.3 Å². The van der Waals surface area contributed by atoms with Crippen LogP contribution in [0.4, 0.5) is 24.8 Å². The van der Waals surface area contributed by atoms with Crippen molar-refractivity contribution in [3.05, 3.63) is 75.3 Å². The SMILES string of the molecule is CN1CCC(c2cnc(-c3cc4cnc(Nc5ccc(C6CCN(C)C6)cc5)nc4n(CC(F)(F)F)c3=O)c(Cl)c2)CC1. The summed E-state index contributed by atoms with van der Waals surface area (Å²) in [5.74, 6) is 0.840. The molecule has 5 heterocycles. The number of pyridine rings is 2. The van der Waals surface area contributed by atoms with Gasteiger partial charge in [-0.05, 0) is 100 Å². The topological polar surface area (TPSA) is 79.2 Å². The van der Waals surface area contributed by atoms with E-state index < -0.39 is 18.3 Å². The number of alkyl halides is 3. The van der Waals surface area contributed by atoms with Crippen LogP contribution in [-0.2, 0) is 6.54 Å². The van der Waals surface area contributed by atoms with E-state index in [2.05, 4.69) is 44.2 Å². The van der Waals surface area contributed by atoms with E-state index in [0.717, 1.165) is 51.0 Å². The summed E-state index contributed by atoms with van der Waals surface area (Å²) >= 11 is 6.61. The van der Waals surface area contributed by atoms with E-state index in [4.69, 9.17) is 11.6 Å². The average molecular weight is 612 g/mol. The van der Waals surface area contributed by atoms with Gasteiger partial charge in [0.15, 0.2) is 0 Å². The van der Waals surface area contributed by atoms with Gasteiger partial charge in [0.05, 0.1) is 16.3 Å². The van der Waals surface area contributed by atoms with Crippen LogP contribution in [0.5, 0.6) is 0 Å². The third-order valence-electron chi connectivity index (χ3n) is 8.50. The number of nitrogens with one attached hydrogen (secondary N) is 1. The Kier molecular flexibility index (Phi) is 8.14. The van der Waals surface area contributed by atoms with E-state index in [0.29, 0.717) is 16.2 Å². The molecule has 0 spiro atoms. The van der Waals surface area contributed by atoms with Gasteiger partial charge in [-0.3, -0.25) is 14.3 Å². The first-order chi connectivity index (χ1) is 20.5. The van der Waals surface area contributed by atoms with Gasteiger partial charge < -0.3 is 15.1 Å². The summed E-state index contributed by atoms with van der Waals surface area (Å²) in [7, 11) is 4.18. The van der Waals surface area contributed by atoms with Crippen LogP contribution in [0.25, 0.3) is 22.3 Å². The van der Waals surface area contributed by atoms with Crippen LogP contribution in [0.15, 0.2) is 53.6 Å². The molecule has 1 unspecified atom stereocenters. The second kappa shape index (κ2) is 11.9. The molecule has 2 aliphatic rings. The first-order valence-corrected chi connectivity index (χ1v) is 14.8. The van der Waals surface area contributed by atoms with Gasteiger partial charge in [0.25, 0.3) is 5.56 Å². The van der Waals surface area contributed by atoms with E-state index >= 15 is 0 Å². The molecule has 4 aromatic rings. The van der Waals surface area contributed by atoms with Crippen LogP contribution in [0.3, 0.4) is 0 Å². The first-order valence-electron chi connectivity index (χ1n) is 14.4.